The molecule has 0 bridgehead atoms. The van der Waals surface area contributed by atoms with Crippen LogP contribution >= 0.6 is 11.6 Å². The molecule has 2 N–H and O–H groups in total. The van der Waals surface area contributed by atoms with Gasteiger partial charge < -0.3 is 10.6 Å². The highest BCUT2D eigenvalue weighted by molar-refractivity contribution is 6.31. The minimum Gasteiger partial charge on any atom is -0.376 e. The summed E-state index contributed by atoms with van der Waals surface area (Å²) in [6.07, 6.45) is 0. The minimum atomic E-state index is -0.484. The smallest absolute Gasteiger partial charge is 0.243 e. The summed E-state index contributed by atoms with van der Waals surface area (Å²) in [6, 6.07) is 10.1. The van der Waals surface area contributed by atoms with Crippen molar-refractivity contribution in [3.8, 4) is 0 Å². The third-order valence-electron chi connectivity index (χ3n) is 3.04. The Morgan fingerprint density at radius 1 is 1.19 bits per heavy atom. The summed E-state index contributed by atoms with van der Waals surface area (Å²) in [5, 5.41) is 5.77. The molecule has 3 nitrogen and oxygen atoms in total. The molecule has 0 saturated heterocycles. The zero-order chi connectivity index (χ0) is 15.4. The number of carbonyl (C=O) groups is 1. The summed E-state index contributed by atoms with van der Waals surface area (Å²) in [5.74, 6) is -0.661. The first-order valence-corrected chi connectivity index (χ1v) is 6.89. The van der Waals surface area contributed by atoms with Crippen LogP contribution in [0.5, 0.6) is 0 Å². The highest BCUT2D eigenvalue weighted by Gasteiger charge is 2.06. The van der Waals surface area contributed by atoms with Crippen LogP contribution in [0.2, 0.25) is 5.02 Å². The maximum atomic E-state index is 13.0. The minimum absolute atomic E-state index is 0.0231. The molecule has 1 amide bonds. The van der Waals surface area contributed by atoms with E-state index in [0.29, 0.717) is 5.69 Å². The Balaban J connectivity index is 1.95. The van der Waals surface area contributed by atoms with Gasteiger partial charge in [0.05, 0.1) is 11.6 Å². The number of benzene rings is 2. The van der Waals surface area contributed by atoms with Gasteiger partial charge in [-0.2, -0.15) is 0 Å². The summed E-state index contributed by atoms with van der Waals surface area (Å²) in [4.78, 5) is 11.9. The van der Waals surface area contributed by atoms with Crippen LogP contribution in [0.1, 0.15) is 11.1 Å². The number of carbonyl (C=O) groups excluding carboxylic acids is 1. The van der Waals surface area contributed by atoms with Crippen LogP contribution in [-0.2, 0) is 4.79 Å². The molecule has 0 aliphatic heterocycles. The van der Waals surface area contributed by atoms with Gasteiger partial charge in [0, 0.05) is 11.4 Å². The van der Waals surface area contributed by atoms with Crippen LogP contribution in [0.3, 0.4) is 0 Å². The third kappa shape index (κ3) is 4.20. The van der Waals surface area contributed by atoms with Crippen LogP contribution in [0, 0.1) is 19.7 Å². The number of hydrogen-bond donors (Lipinski definition) is 2. The van der Waals surface area contributed by atoms with Gasteiger partial charge in [0.15, 0.2) is 0 Å². The van der Waals surface area contributed by atoms with E-state index >= 15 is 0 Å². The number of aryl methyl sites for hydroxylation is 2. The van der Waals surface area contributed by atoms with Crippen molar-refractivity contribution in [3.63, 3.8) is 0 Å². The van der Waals surface area contributed by atoms with E-state index in [-0.39, 0.29) is 17.5 Å². The van der Waals surface area contributed by atoms with Crippen LogP contribution in [0.15, 0.2) is 36.4 Å². The first kappa shape index (κ1) is 15.3. The van der Waals surface area contributed by atoms with E-state index in [1.807, 2.05) is 32.0 Å². The molecule has 21 heavy (non-hydrogen) atoms. The summed E-state index contributed by atoms with van der Waals surface area (Å²) < 4.78 is 13.0. The molecule has 2 rings (SSSR count). The first-order chi connectivity index (χ1) is 9.95. The van der Waals surface area contributed by atoms with Gasteiger partial charge in [-0.25, -0.2) is 4.39 Å². The lowest BCUT2D eigenvalue weighted by Crippen LogP contribution is -2.22. The molecular formula is C16H16ClFN2O. The fraction of sp³-hybridized carbons (Fsp3) is 0.188. The maximum Gasteiger partial charge on any atom is 0.243 e. The zero-order valence-electron chi connectivity index (χ0n) is 11.8. The molecule has 0 aromatic heterocycles. The molecule has 0 aliphatic rings. The fourth-order valence-corrected chi connectivity index (χ4v) is 2.03. The van der Waals surface area contributed by atoms with Gasteiger partial charge in [0.25, 0.3) is 0 Å². The SMILES string of the molecule is Cc1ccc(C)c(NC(=O)CNc2ccc(F)c(Cl)c2)c1. The van der Waals surface area contributed by atoms with Crippen LogP contribution in [-0.4, -0.2) is 12.5 Å². The molecule has 5 heteroatoms. The van der Waals surface area contributed by atoms with E-state index in [0.717, 1.165) is 16.8 Å². The molecule has 0 fully saturated rings. The van der Waals surface area contributed by atoms with Crippen molar-refractivity contribution in [1.82, 2.24) is 0 Å². The van der Waals surface area contributed by atoms with Gasteiger partial charge in [0.1, 0.15) is 5.82 Å². The summed E-state index contributed by atoms with van der Waals surface area (Å²) >= 11 is 5.68. The average Bonchev–Trinajstić information content (AvgIpc) is 2.44. The van der Waals surface area contributed by atoms with Crippen molar-refractivity contribution in [1.29, 1.82) is 0 Å². The van der Waals surface area contributed by atoms with Crippen LogP contribution in [0.4, 0.5) is 15.8 Å². The molecular weight excluding hydrogens is 291 g/mol. The van der Waals surface area contributed by atoms with Crippen molar-refractivity contribution in [2.24, 2.45) is 0 Å². The summed E-state index contributed by atoms with van der Waals surface area (Å²) in [5.41, 5.74) is 3.46. The summed E-state index contributed by atoms with van der Waals surface area (Å²) in [6.45, 7) is 3.98. The van der Waals surface area contributed by atoms with Gasteiger partial charge in [-0.1, -0.05) is 23.7 Å². The van der Waals surface area contributed by atoms with E-state index in [1.54, 1.807) is 0 Å². The molecule has 0 saturated carbocycles. The van der Waals surface area contributed by atoms with Crippen molar-refractivity contribution < 1.29 is 9.18 Å². The molecule has 0 heterocycles. The highest BCUT2D eigenvalue weighted by atomic mass is 35.5. The average molecular weight is 307 g/mol. The number of hydrogen-bond acceptors (Lipinski definition) is 2. The normalized spacial score (nSPS) is 10.3. The van der Waals surface area contributed by atoms with Gasteiger partial charge >= 0.3 is 0 Å². The van der Waals surface area contributed by atoms with Gasteiger partial charge in [-0.15, -0.1) is 0 Å². The second-order valence-corrected chi connectivity index (χ2v) is 5.26. The van der Waals surface area contributed by atoms with E-state index in [1.165, 1.54) is 18.2 Å². The van der Waals surface area contributed by atoms with E-state index in [2.05, 4.69) is 10.6 Å². The Morgan fingerprint density at radius 3 is 2.67 bits per heavy atom. The Morgan fingerprint density at radius 2 is 1.95 bits per heavy atom. The predicted molar refractivity (Wildman–Crippen MR) is 84.4 cm³/mol. The second-order valence-electron chi connectivity index (χ2n) is 4.85. The standard InChI is InChI=1S/C16H16ClFN2O/c1-10-3-4-11(2)15(7-10)20-16(21)9-19-12-5-6-14(18)13(17)8-12/h3-8,19H,9H2,1-2H3,(H,20,21). The maximum absolute atomic E-state index is 13.0. The van der Waals surface area contributed by atoms with Crippen molar-refractivity contribution in [2.45, 2.75) is 13.8 Å². The second kappa shape index (κ2) is 6.59. The molecule has 0 radical (unpaired) electrons. The van der Waals surface area contributed by atoms with Crippen molar-refractivity contribution in [3.05, 3.63) is 58.4 Å². The quantitative estimate of drug-likeness (QED) is 0.891. The Bertz CT molecular complexity index is 673. The molecule has 2 aromatic carbocycles. The number of anilines is 2. The number of nitrogens with one attached hydrogen (secondary N) is 2. The molecule has 110 valence electrons. The molecule has 0 atom stereocenters. The molecule has 2 aromatic rings. The Labute approximate surface area is 128 Å². The lowest BCUT2D eigenvalue weighted by atomic mass is 10.1. The van der Waals surface area contributed by atoms with Crippen molar-refractivity contribution >= 4 is 28.9 Å². The highest BCUT2D eigenvalue weighted by Crippen LogP contribution is 2.19. The third-order valence-corrected chi connectivity index (χ3v) is 3.33. The summed E-state index contributed by atoms with van der Waals surface area (Å²) in [7, 11) is 0. The van der Waals surface area contributed by atoms with Crippen LogP contribution < -0.4 is 10.6 Å². The van der Waals surface area contributed by atoms with Gasteiger partial charge in [-0.3, -0.25) is 4.79 Å². The van der Waals surface area contributed by atoms with Gasteiger partial charge in [0.2, 0.25) is 5.91 Å². The van der Waals surface area contributed by atoms with E-state index in [4.69, 9.17) is 11.6 Å². The number of amides is 1. The largest absolute Gasteiger partial charge is 0.376 e. The zero-order valence-corrected chi connectivity index (χ0v) is 12.6. The monoisotopic (exact) mass is 306 g/mol. The Kier molecular flexibility index (Phi) is 4.81. The van der Waals surface area contributed by atoms with E-state index < -0.39 is 5.82 Å². The fourth-order valence-electron chi connectivity index (χ4n) is 1.85. The van der Waals surface area contributed by atoms with Gasteiger partial charge in [-0.05, 0) is 49.2 Å². The van der Waals surface area contributed by atoms with Crippen molar-refractivity contribution in [2.75, 3.05) is 17.2 Å². The van der Waals surface area contributed by atoms with Crippen LogP contribution in [0.25, 0.3) is 0 Å². The van der Waals surface area contributed by atoms with E-state index in [9.17, 15) is 9.18 Å². The number of rotatable bonds is 4. The number of halogens is 2. The molecule has 0 spiro atoms. The molecule has 0 aliphatic carbocycles. The lowest BCUT2D eigenvalue weighted by molar-refractivity contribution is -0.114. The Hall–Kier alpha value is -2.07. The first-order valence-electron chi connectivity index (χ1n) is 6.52. The predicted octanol–water partition coefficient (Wildman–Crippen LogP) is 4.15. The lowest BCUT2D eigenvalue weighted by Gasteiger charge is -2.11. The molecule has 0 unspecified atom stereocenters. The topological polar surface area (TPSA) is 41.1 Å².